The van der Waals surface area contributed by atoms with Crippen molar-refractivity contribution in [2.45, 2.75) is 37.6 Å². The smallest absolute Gasteiger partial charge is 0.371 e. The fraction of sp³-hybridized carbons (Fsp3) is 0.583. The Morgan fingerprint density at radius 1 is 1.53 bits per heavy atom. The number of rotatable bonds is 5. The van der Waals surface area contributed by atoms with Crippen molar-refractivity contribution in [3.05, 3.63) is 17.6 Å². The molecule has 1 saturated carbocycles. The van der Waals surface area contributed by atoms with Gasteiger partial charge in [-0.25, -0.2) is 13.2 Å². The minimum atomic E-state index is -3.71. The lowest BCUT2D eigenvalue weighted by Crippen LogP contribution is -2.36. The number of aromatic carboxylic acids is 1. The fourth-order valence-electron chi connectivity index (χ4n) is 2.08. The third kappa shape index (κ3) is 2.52. The Balaban J connectivity index is 2.35. The highest BCUT2D eigenvalue weighted by Gasteiger charge is 2.37. The van der Waals surface area contributed by atoms with Gasteiger partial charge in [0.15, 0.2) is 0 Å². The number of hydrogen-bond acceptors (Lipinski definition) is 4. The standard InChI is InChI=1S/C12H17NO5S/c1-7(9-4-5-9)13(3)19(16,17)11-6-10(12(14)15)18-8(11)2/h6-7,9H,4-5H2,1-3H3,(H,14,15)/t7-/m0/s1. The van der Waals surface area contributed by atoms with Crippen LogP contribution in [0.3, 0.4) is 0 Å². The minimum absolute atomic E-state index is 0.0695. The second-order valence-corrected chi connectivity index (χ2v) is 6.90. The van der Waals surface area contributed by atoms with Gasteiger partial charge in [0.1, 0.15) is 10.7 Å². The molecule has 1 aliphatic rings. The summed E-state index contributed by atoms with van der Waals surface area (Å²) in [5.74, 6) is -1.14. The monoisotopic (exact) mass is 287 g/mol. The predicted octanol–water partition coefficient (Wildman–Crippen LogP) is 1.71. The van der Waals surface area contributed by atoms with Crippen LogP contribution in [0.15, 0.2) is 15.4 Å². The minimum Gasteiger partial charge on any atom is -0.475 e. The molecule has 0 unspecified atom stereocenters. The molecule has 0 aromatic carbocycles. The lowest BCUT2D eigenvalue weighted by molar-refractivity contribution is 0.0661. The van der Waals surface area contributed by atoms with Crippen LogP contribution >= 0.6 is 0 Å². The molecule has 1 fully saturated rings. The number of nitrogens with zero attached hydrogens (tertiary/aromatic N) is 1. The van der Waals surface area contributed by atoms with Crippen molar-refractivity contribution in [3.63, 3.8) is 0 Å². The summed E-state index contributed by atoms with van der Waals surface area (Å²) in [5, 5.41) is 8.83. The van der Waals surface area contributed by atoms with Gasteiger partial charge >= 0.3 is 5.97 Å². The van der Waals surface area contributed by atoms with Crippen LogP contribution in [-0.2, 0) is 10.0 Å². The largest absolute Gasteiger partial charge is 0.475 e. The average Bonchev–Trinajstić information content (AvgIpc) is 3.09. The molecule has 0 bridgehead atoms. The molecule has 1 heterocycles. The van der Waals surface area contributed by atoms with E-state index in [1.54, 1.807) is 0 Å². The Kier molecular flexibility index (Phi) is 3.44. The molecule has 19 heavy (non-hydrogen) atoms. The van der Waals surface area contributed by atoms with E-state index in [2.05, 4.69) is 0 Å². The Labute approximate surface area is 112 Å². The van der Waals surface area contributed by atoms with Crippen molar-refractivity contribution >= 4 is 16.0 Å². The molecule has 106 valence electrons. The number of aryl methyl sites for hydroxylation is 1. The summed E-state index contributed by atoms with van der Waals surface area (Å²) in [6.07, 6.45) is 2.07. The van der Waals surface area contributed by atoms with E-state index in [-0.39, 0.29) is 22.5 Å². The van der Waals surface area contributed by atoms with Crippen LogP contribution in [-0.4, -0.2) is 36.9 Å². The summed E-state index contributed by atoms with van der Waals surface area (Å²) in [5.41, 5.74) is 0. The lowest BCUT2D eigenvalue weighted by Gasteiger charge is -2.23. The Morgan fingerprint density at radius 3 is 2.53 bits per heavy atom. The maximum Gasteiger partial charge on any atom is 0.371 e. The van der Waals surface area contributed by atoms with Gasteiger partial charge in [-0.05, 0) is 32.6 Å². The van der Waals surface area contributed by atoms with Gasteiger partial charge in [-0.2, -0.15) is 4.31 Å². The van der Waals surface area contributed by atoms with E-state index in [0.717, 1.165) is 18.9 Å². The van der Waals surface area contributed by atoms with Crippen LogP contribution in [0, 0.1) is 12.8 Å². The predicted molar refractivity (Wildman–Crippen MR) is 67.5 cm³/mol. The zero-order chi connectivity index (χ0) is 14.4. The molecular formula is C12H17NO5S. The van der Waals surface area contributed by atoms with Gasteiger partial charge in [0.05, 0.1) is 0 Å². The van der Waals surface area contributed by atoms with E-state index < -0.39 is 16.0 Å². The van der Waals surface area contributed by atoms with Crippen molar-refractivity contribution in [1.82, 2.24) is 4.31 Å². The fourth-order valence-corrected chi connectivity index (χ4v) is 3.66. The first-order valence-electron chi connectivity index (χ1n) is 6.07. The summed E-state index contributed by atoms with van der Waals surface area (Å²) in [6, 6.07) is 0.982. The second-order valence-electron chi connectivity index (χ2n) is 4.94. The number of hydrogen-bond donors (Lipinski definition) is 1. The maximum atomic E-state index is 12.4. The Hall–Kier alpha value is -1.34. The molecule has 1 aliphatic carbocycles. The van der Waals surface area contributed by atoms with Crippen molar-refractivity contribution in [1.29, 1.82) is 0 Å². The molecule has 0 spiro atoms. The van der Waals surface area contributed by atoms with Gasteiger partial charge in [0.2, 0.25) is 15.8 Å². The summed E-state index contributed by atoms with van der Waals surface area (Å²) in [4.78, 5) is 10.7. The third-order valence-electron chi connectivity index (χ3n) is 3.62. The third-order valence-corrected chi connectivity index (χ3v) is 5.67. The Bertz CT molecular complexity index is 600. The highest BCUT2D eigenvalue weighted by molar-refractivity contribution is 7.89. The molecule has 0 aliphatic heterocycles. The van der Waals surface area contributed by atoms with E-state index in [1.807, 2.05) is 6.92 Å². The molecule has 1 aromatic heterocycles. The number of sulfonamides is 1. The first-order valence-corrected chi connectivity index (χ1v) is 7.51. The Morgan fingerprint density at radius 2 is 2.11 bits per heavy atom. The van der Waals surface area contributed by atoms with Crippen LogP contribution in [0.1, 0.15) is 36.1 Å². The van der Waals surface area contributed by atoms with Gasteiger partial charge in [-0.15, -0.1) is 0 Å². The van der Waals surface area contributed by atoms with Crippen LogP contribution < -0.4 is 0 Å². The van der Waals surface area contributed by atoms with E-state index >= 15 is 0 Å². The van der Waals surface area contributed by atoms with Gasteiger partial charge in [0, 0.05) is 19.2 Å². The summed E-state index contributed by atoms with van der Waals surface area (Å²) in [7, 11) is -2.19. The number of carboxylic acids is 1. The van der Waals surface area contributed by atoms with Crippen LogP contribution in [0.5, 0.6) is 0 Å². The summed E-state index contributed by atoms with van der Waals surface area (Å²) >= 11 is 0. The van der Waals surface area contributed by atoms with E-state index in [0.29, 0.717) is 5.92 Å². The zero-order valence-corrected chi connectivity index (χ0v) is 11.9. The van der Waals surface area contributed by atoms with Gasteiger partial charge in [-0.3, -0.25) is 0 Å². The quantitative estimate of drug-likeness (QED) is 0.890. The van der Waals surface area contributed by atoms with E-state index in [4.69, 9.17) is 9.52 Å². The maximum absolute atomic E-state index is 12.4. The molecule has 0 saturated heterocycles. The summed E-state index contributed by atoms with van der Waals surface area (Å²) in [6.45, 7) is 3.32. The van der Waals surface area contributed by atoms with Crippen molar-refractivity contribution in [2.24, 2.45) is 5.92 Å². The van der Waals surface area contributed by atoms with Crippen LogP contribution in [0.2, 0.25) is 0 Å². The molecule has 0 amide bonds. The molecule has 6 nitrogen and oxygen atoms in total. The zero-order valence-electron chi connectivity index (χ0n) is 11.1. The normalized spacial score (nSPS) is 17.7. The number of carboxylic acid groups (broad SMARTS) is 1. The number of furan rings is 1. The van der Waals surface area contributed by atoms with Gasteiger partial charge in [-0.1, -0.05) is 0 Å². The van der Waals surface area contributed by atoms with Crippen molar-refractivity contribution < 1.29 is 22.7 Å². The second kappa shape index (κ2) is 4.64. The topological polar surface area (TPSA) is 87.8 Å². The molecule has 7 heteroatoms. The van der Waals surface area contributed by atoms with Crippen molar-refractivity contribution in [3.8, 4) is 0 Å². The average molecular weight is 287 g/mol. The van der Waals surface area contributed by atoms with E-state index in [1.165, 1.54) is 18.3 Å². The first kappa shape index (κ1) is 14.1. The highest BCUT2D eigenvalue weighted by atomic mass is 32.2. The van der Waals surface area contributed by atoms with E-state index in [9.17, 15) is 13.2 Å². The molecule has 0 radical (unpaired) electrons. The molecule has 1 N–H and O–H groups in total. The summed E-state index contributed by atoms with van der Waals surface area (Å²) < 4.78 is 31.1. The number of carbonyl (C=O) groups is 1. The van der Waals surface area contributed by atoms with Gasteiger partial charge < -0.3 is 9.52 Å². The molecular weight excluding hydrogens is 270 g/mol. The first-order chi connectivity index (χ1) is 8.75. The lowest BCUT2D eigenvalue weighted by atomic mass is 10.2. The van der Waals surface area contributed by atoms with Crippen LogP contribution in [0.4, 0.5) is 0 Å². The van der Waals surface area contributed by atoms with Gasteiger partial charge in [0.25, 0.3) is 0 Å². The highest BCUT2D eigenvalue weighted by Crippen LogP contribution is 2.37. The molecule has 1 aromatic rings. The van der Waals surface area contributed by atoms with Crippen LogP contribution in [0.25, 0.3) is 0 Å². The van der Waals surface area contributed by atoms with Crippen molar-refractivity contribution in [2.75, 3.05) is 7.05 Å². The molecule has 1 atom stereocenters. The molecule has 2 rings (SSSR count). The SMILES string of the molecule is Cc1oc(C(=O)O)cc1S(=O)(=O)N(C)[C@@H](C)C1CC1.